The molecule has 1 fully saturated rings. The van der Waals surface area contributed by atoms with Gasteiger partial charge in [-0.05, 0) is 6.92 Å². The number of aliphatic hydroxyl groups excluding tert-OH is 1. The lowest BCUT2D eigenvalue weighted by atomic mass is 9.90. The van der Waals surface area contributed by atoms with Crippen molar-refractivity contribution in [3.8, 4) is 0 Å². The molecule has 0 aliphatic carbocycles. The Kier molecular flexibility index (Phi) is 3.45. The summed E-state index contributed by atoms with van der Waals surface area (Å²) in [7, 11) is 1.47. The number of nitrogens with zero attached hydrogens (tertiary/aromatic N) is 4. The van der Waals surface area contributed by atoms with Gasteiger partial charge >= 0.3 is 0 Å². The van der Waals surface area contributed by atoms with Crippen LogP contribution in [0.1, 0.15) is 25.8 Å². The van der Waals surface area contributed by atoms with Gasteiger partial charge in [-0.1, -0.05) is 13.5 Å². The average Bonchev–Trinajstić information content (AvgIpc) is 2.98. The maximum absolute atomic E-state index is 15.1. The number of halogens is 1. The Hall–Kier alpha value is -1.93. The van der Waals surface area contributed by atoms with Crippen LogP contribution >= 0.6 is 0 Å². The van der Waals surface area contributed by atoms with Gasteiger partial charge in [-0.3, -0.25) is 0 Å². The van der Waals surface area contributed by atoms with E-state index in [2.05, 4.69) is 21.9 Å². The fraction of sp³-hybridized carbons (Fsp3) is 0.571. The summed E-state index contributed by atoms with van der Waals surface area (Å²) in [6.45, 7) is 6.61. The molecule has 0 saturated carbocycles. The Morgan fingerprint density at radius 1 is 1.64 bits per heavy atom. The van der Waals surface area contributed by atoms with Gasteiger partial charge < -0.3 is 29.5 Å². The van der Waals surface area contributed by atoms with Crippen molar-refractivity contribution < 1.29 is 19.0 Å². The first kappa shape index (κ1) is 15.0. The minimum absolute atomic E-state index is 0.247. The van der Waals surface area contributed by atoms with Crippen molar-refractivity contribution in [3.05, 3.63) is 29.7 Å². The fourth-order valence-electron chi connectivity index (χ4n) is 2.79. The third-order valence-electron chi connectivity index (χ3n) is 4.30. The van der Waals surface area contributed by atoms with Crippen LogP contribution in [0.4, 0.5) is 10.2 Å². The van der Waals surface area contributed by atoms with E-state index in [1.807, 2.05) is 0 Å². The third kappa shape index (κ3) is 2.02. The molecule has 1 aromatic rings. The summed E-state index contributed by atoms with van der Waals surface area (Å²) >= 11 is 0. The number of alkyl halides is 1. The summed E-state index contributed by atoms with van der Waals surface area (Å²) in [4.78, 5) is 8.24. The van der Waals surface area contributed by atoms with Crippen LogP contribution in [0.2, 0.25) is 0 Å². The van der Waals surface area contributed by atoms with Crippen LogP contribution in [0.15, 0.2) is 23.7 Å². The van der Waals surface area contributed by atoms with E-state index < -0.39 is 23.9 Å². The lowest BCUT2D eigenvalue weighted by Gasteiger charge is -2.32. The molecule has 22 heavy (non-hydrogen) atoms. The zero-order valence-corrected chi connectivity index (χ0v) is 12.7. The molecular formula is C14H18FN4O3-. The van der Waals surface area contributed by atoms with E-state index in [1.54, 1.807) is 6.92 Å². The number of hydrogen-bond donors (Lipinski definition) is 1. The number of imidazole rings is 1. The Labute approximate surface area is 127 Å². The smallest absolute Gasteiger partial charge is 0.169 e. The molecule has 3 heterocycles. The van der Waals surface area contributed by atoms with Crippen molar-refractivity contribution in [3.63, 3.8) is 0 Å². The molecule has 7 nitrogen and oxygen atoms in total. The number of aromatic nitrogens is 2. The molecule has 0 amide bonds. The molecule has 0 aromatic carbocycles. The summed E-state index contributed by atoms with van der Waals surface area (Å²) in [5.74, 6) is 0.440. The van der Waals surface area contributed by atoms with Gasteiger partial charge in [-0.15, -0.1) is 0 Å². The molecule has 3 rings (SSSR count). The lowest BCUT2D eigenvalue weighted by Crippen LogP contribution is -2.34. The van der Waals surface area contributed by atoms with Crippen molar-refractivity contribution in [1.82, 2.24) is 9.55 Å². The Balaban J connectivity index is 2.03. The fourth-order valence-corrected chi connectivity index (χ4v) is 2.79. The van der Waals surface area contributed by atoms with Crippen molar-refractivity contribution in [1.29, 1.82) is 0 Å². The van der Waals surface area contributed by atoms with Crippen molar-refractivity contribution in [2.45, 2.75) is 31.8 Å². The summed E-state index contributed by atoms with van der Waals surface area (Å²) in [6, 6.07) is 0. The first-order valence-corrected chi connectivity index (χ1v) is 6.96. The summed E-state index contributed by atoms with van der Waals surface area (Å²) in [6.07, 6.45) is -0.0833. The SMILES string of the molecule is C=C1N=C(OC)c2ncn(C3OC(CO)C(C)C3(C)F)c2[N-]1. The van der Waals surface area contributed by atoms with E-state index in [-0.39, 0.29) is 18.3 Å². The van der Waals surface area contributed by atoms with E-state index in [4.69, 9.17) is 9.47 Å². The van der Waals surface area contributed by atoms with Gasteiger partial charge in [0.15, 0.2) is 5.90 Å². The second kappa shape index (κ2) is 5.06. The summed E-state index contributed by atoms with van der Waals surface area (Å²) in [5.41, 5.74) is -1.27. The number of rotatable bonds is 2. The number of aliphatic imine (C=N–C) groups is 1. The lowest BCUT2D eigenvalue weighted by molar-refractivity contribution is -0.0573. The third-order valence-corrected chi connectivity index (χ3v) is 4.30. The van der Waals surface area contributed by atoms with Gasteiger partial charge in [-0.2, -0.15) is 0 Å². The van der Waals surface area contributed by atoms with Gasteiger partial charge in [0, 0.05) is 23.9 Å². The highest BCUT2D eigenvalue weighted by Gasteiger charge is 2.51. The zero-order valence-electron chi connectivity index (χ0n) is 12.7. The number of hydrogen-bond acceptors (Lipinski definition) is 5. The quantitative estimate of drug-likeness (QED) is 0.906. The molecule has 1 aromatic heterocycles. The molecule has 8 heteroatoms. The largest absolute Gasteiger partial charge is 0.491 e. The number of fused-ring (bicyclic) bond motifs is 1. The zero-order chi connectivity index (χ0) is 16.1. The monoisotopic (exact) mass is 309 g/mol. The van der Waals surface area contributed by atoms with E-state index >= 15 is 4.39 Å². The molecule has 0 bridgehead atoms. The molecule has 4 atom stereocenters. The minimum atomic E-state index is -1.68. The van der Waals surface area contributed by atoms with Crippen LogP contribution in [-0.2, 0) is 9.47 Å². The van der Waals surface area contributed by atoms with Crippen LogP contribution in [0.3, 0.4) is 0 Å². The molecule has 0 spiro atoms. The maximum Gasteiger partial charge on any atom is 0.169 e. The standard InChI is InChI=1S/C14H18FN4O3/c1-7-9(5-20)22-13(14(7,3)15)19-6-16-10-11(19)17-8(2)18-12(10)21-4/h6-7,9,13,20H,2,5H2,1,3-4H3/q-1. The molecule has 0 radical (unpaired) electrons. The number of methoxy groups -OCH3 is 1. The van der Waals surface area contributed by atoms with Gasteiger partial charge in [0.25, 0.3) is 0 Å². The number of aliphatic hydroxyl groups is 1. The van der Waals surface area contributed by atoms with Gasteiger partial charge in [0.05, 0.1) is 19.8 Å². The van der Waals surface area contributed by atoms with Crippen molar-refractivity contribution in [2.24, 2.45) is 10.9 Å². The van der Waals surface area contributed by atoms with Crippen LogP contribution in [0.25, 0.3) is 5.32 Å². The predicted molar refractivity (Wildman–Crippen MR) is 77.6 cm³/mol. The highest BCUT2D eigenvalue weighted by molar-refractivity contribution is 6.00. The van der Waals surface area contributed by atoms with Crippen LogP contribution < -0.4 is 0 Å². The highest BCUT2D eigenvalue weighted by Crippen LogP contribution is 2.48. The topological polar surface area (TPSA) is 83.0 Å². The van der Waals surface area contributed by atoms with Crippen molar-refractivity contribution in [2.75, 3.05) is 13.7 Å². The van der Waals surface area contributed by atoms with Crippen LogP contribution in [0.5, 0.6) is 0 Å². The first-order chi connectivity index (χ1) is 10.4. The summed E-state index contributed by atoms with van der Waals surface area (Å²) < 4.78 is 27.4. The van der Waals surface area contributed by atoms with E-state index in [0.717, 1.165) is 0 Å². The van der Waals surface area contributed by atoms with Gasteiger partial charge in [0.1, 0.15) is 17.6 Å². The van der Waals surface area contributed by atoms with Gasteiger partial charge in [0.2, 0.25) is 0 Å². The first-order valence-electron chi connectivity index (χ1n) is 6.96. The molecule has 2 aliphatic rings. The number of ether oxygens (including phenoxy) is 2. The molecule has 1 N–H and O–H groups in total. The Morgan fingerprint density at radius 3 is 2.95 bits per heavy atom. The van der Waals surface area contributed by atoms with E-state index in [1.165, 1.54) is 24.9 Å². The highest BCUT2D eigenvalue weighted by atomic mass is 19.1. The van der Waals surface area contributed by atoms with Crippen LogP contribution in [-0.4, -0.2) is 46.0 Å². The van der Waals surface area contributed by atoms with E-state index in [9.17, 15) is 5.11 Å². The van der Waals surface area contributed by atoms with Crippen molar-refractivity contribution >= 4 is 11.7 Å². The van der Waals surface area contributed by atoms with Crippen LogP contribution in [0, 0.1) is 5.92 Å². The molecule has 4 unspecified atom stereocenters. The summed E-state index contributed by atoms with van der Waals surface area (Å²) in [5, 5.41) is 13.6. The maximum atomic E-state index is 15.1. The Morgan fingerprint density at radius 2 is 2.36 bits per heavy atom. The second-order valence-electron chi connectivity index (χ2n) is 5.62. The Bertz CT molecular complexity index is 640. The molecule has 2 aliphatic heterocycles. The van der Waals surface area contributed by atoms with Gasteiger partial charge in [-0.25, -0.2) is 9.37 Å². The predicted octanol–water partition coefficient (Wildman–Crippen LogP) is 2.02. The molecule has 120 valence electrons. The average molecular weight is 309 g/mol. The minimum Gasteiger partial charge on any atom is -0.491 e. The molecular weight excluding hydrogens is 291 g/mol. The van der Waals surface area contributed by atoms with E-state index in [0.29, 0.717) is 11.5 Å². The normalized spacial score (nSPS) is 34.1. The second-order valence-corrected chi connectivity index (χ2v) is 5.62. The molecule has 1 saturated heterocycles.